The van der Waals surface area contributed by atoms with Crippen LogP contribution < -0.4 is 4.90 Å². The van der Waals surface area contributed by atoms with Crippen LogP contribution in [-0.4, -0.2) is 37.7 Å². The smallest absolute Gasteiger partial charge is 0.0991 e. The third-order valence-corrected chi connectivity index (χ3v) is 6.80. The number of nitrogens with zero attached hydrogens (tertiary/aromatic N) is 3. The molecule has 1 aliphatic heterocycles. The van der Waals surface area contributed by atoms with Gasteiger partial charge in [0.25, 0.3) is 0 Å². The summed E-state index contributed by atoms with van der Waals surface area (Å²) >= 11 is 19.0. The molecular formula is C26H24Cl3N3O. The van der Waals surface area contributed by atoms with E-state index in [4.69, 9.17) is 44.8 Å². The summed E-state index contributed by atoms with van der Waals surface area (Å²) in [7, 11) is 1.73. The van der Waals surface area contributed by atoms with Crippen LogP contribution in [0.5, 0.6) is 0 Å². The van der Waals surface area contributed by atoms with Crippen LogP contribution in [0.1, 0.15) is 22.7 Å². The average molecular weight is 501 g/mol. The Bertz CT molecular complexity index is 1130. The molecule has 2 atom stereocenters. The van der Waals surface area contributed by atoms with Gasteiger partial charge < -0.3 is 9.64 Å². The average Bonchev–Trinajstić information content (AvgIpc) is 2.81. The number of benzene rings is 3. The van der Waals surface area contributed by atoms with Crippen molar-refractivity contribution in [3.05, 3.63) is 98.5 Å². The first-order valence-corrected chi connectivity index (χ1v) is 11.8. The van der Waals surface area contributed by atoms with Gasteiger partial charge in [0.1, 0.15) is 0 Å². The minimum Gasteiger partial charge on any atom is -0.383 e. The molecular weight excluding hydrogens is 477 g/mol. The molecule has 0 aliphatic carbocycles. The van der Waals surface area contributed by atoms with Gasteiger partial charge in [-0.05, 0) is 53.6 Å². The van der Waals surface area contributed by atoms with Crippen LogP contribution in [0, 0.1) is 11.3 Å². The maximum atomic E-state index is 9.11. The van der Waals surface area contributed by atoms with Crippen LogP contribution in [-0.2, 0) is 11.3 Å². The zero-order valence-corrected chi connectivity index (χ0v) is 20.5. The molecule has 3 aromatic rings. The Morgan fingerprint density at radius 2 is 1.64 bits per heavy atom. The van der Waals surface area contributed by atoms with Crippen molar-refractivity contribution in [1.29, 1.82) is 5.26 Å². The van der Waals surface area contributed by atoms with Gasteiger partial charge in [-0.15, -0.1) is 0 Å². The van der Waals surface area contributed by atoms with Crippen LogP contribution in [0.25, 0.3) is 0 Å². The second-order valence-corrected chi connectivity index (χ2v) is 9.44. The highest BCUT2D eigenvalue weighted by Gasteiger charge is 2.35. The quantitative estimate of drug-likeness (QED) is 0.382. The van der Waals surface area contributed by atoms with Crippen LogP contribution in [0.2, 0.25) is 15.1 Å². The van der Waals surface area contributed by atoms with E-state index in [0.29, 0.717) is 27.2 Å². The zero-order valence-electron chi connectivity index (χ0n) is 18.2. The topological polar surface area (TPSA) is 39.5 Å². The number of hydrogen-bond acceptors (Lipinski definition) is 4. The first-order chi connectivity index (χ1) is 16.0. The number of halogens is 3. The van der Waals surface area contributed by atoms with E-state index in [2.05, 4.69) is 28.0 Å². The molecule has 1 heterocycles. The number of hydrogen-bond donors (Lipinski definition) is 0. The monoisotopic (exact) mass is 499 g/mol. The molecule has 33 heavy (non-hydrogen) atoms. The molecule has 1 aliphatic rings. The summed E-state index contributed by atoms with van der Waals surface area (Å²) < 4.78 is 5.59. The van der Waals surface area contributed by atoms with E-state index in [1.807, 2.05) is 48.5 Å². The van der Waals surface area contributed by atoms with E-state index in [-0.39, 0.29) is 12.1 Å². The largest absolute Gasteiger partial charge is 0.383 e. The number of ether oxygens (including phenoxy) is 1. The summed E-state index contributed by atoms with van der Waals surface area (Å²) in [5, 5.41) is 11.0. The molecule has 3 aromatic carbocycles. The molecule has 0 radical (unpaired) electrons. The Labute approximate surface area is 209 Å². The Morgan fingerprint density at radius 3 is 2.27 bits per heavy atom. The van der Waals surface area contributed by atoms with Gasteiger partial charge >= 0.3 is 0 Å². The van der Waals surface area contributed by atoms with Gasteiger partial charge in [-0.3, -0.25) is 4.90 Å². The predicted molar refractivity (Wildman–Crippen MR) is 135 cm³/mol. The fourth-order valence-electron chi connectivity index (χ4n) is 4.35. The van der Waals surface area contributed by atoms with Crippen LogP contribution in [0.3, 0.4) is 0 Å². The summed E-state index contributed by atoms with van der Waals surface area (Å²) in [6.07, 6.45) is 0. The lowest BCUT2D eigenvalue weighted by Crippen LogP contribution is -2.56. The highest BCUT2D eigenvalue weighted by Crippen LogP contribution is 2.38. The molecule has 0 amide bonds. The van der Waals surface area contributed by atoms with Crippen molar-refractivity contribution in [2.45, 2.75) is 18.6 Å². The molecule has 0 saturated carbocycles. The van der Waals surface area contributed by atoms with Crippen LogP contribution in [0.4, 0.5) is 5.69 Å². The summed E-state index contributed by atoms with van der Waals surface area (Å²) in [5.74, 6) is 0. The van der Waals surface area contributed by atoms with Crippen LogP contribution >= 0.6 is 34.8 Å². The number of methoxy groups -OCH3 is 1. The minimum atomic E-state index is 0.0624. The number of rotatable bonds is 6. The molecule has 170 valence electrons. The highest BCUT2D eigenvalue weighted by atomic mass is 35.5. The second-order valence-electron chi connectivity index (χ2n) is 8.16. The summed E-state index contributed by atoms with van der Waals surface area (Å²) in [6.45, 7) is 2.85. The van der Waals surface area contributed by atoms with Gasteiger partial charge in [0.2, 0.25) is 0 Å². The van der Waals surface area contributed by atoms with Gasteiger partial charge in [-0.2, -0.15) is 5.26 Å². The summed E-state index contributed by atoms with van der Waals surface area (Å²) in [6, 6.07) is 23.8. The first kappa shape index (κ1) is 23.9. The third-order valence-electron chi connectivity index (χ3n) is 6.01. The van der Waals surface area contributed by atoms with Gasteiger partial charge in [0.05, 0.1) is 41.0 Å². The van der Waals surface area contributed by atoms with Crippen molar-refractivity contribution in [1.82, 2.24) is 4.90 Å². The van der Waals surface area contributed by atoms with Gasteiger partial charge in [0.15, 0.2) is 0 Å². The maximum Gasteiger partial charge on any atom is 0.0991 e. The molecule has 0 bridgehead atoms. The Balaban J connectivity index is 1.69. The van der Waals surface area contributed by atoms with E-state index in [0.717, 1.165) is 36.4 Å². The molecule has 4 nitrogen and oxygen atoms in total. The number of piperazine rings is 1. The van der Waals surface area contributed by atoms with E-state index in [9.17, 15) is 0 Å². The predicted octanol–water partition coefficient (Wildman–Crippen LogP) is 6.60. The Morgan fingerprint density at radius 1 is 0.939 bits per heavy atom. The van der Waals surface area contributed by atoms with Crippen molar-refractivity contribution in [3.8, 4) is 6.07 Å². The molecule has 4 rings (SSSR count). The summed E-state index contributed by atoms with van der Waals surface area (Å²) in [4.78, 5) is 4.77. The van der Waals surface area contributed by atoms with Gasteiger partial charge in [0, 0.05) is 36.8 Å². The Hall–Kier alpha value is -2.26. The van der Waals surface area contributed by atoms with Crippen molar-refractivity contribution in [2.75, 3.05) is 31.7 Å². The van der Waals surface area contributed by atoms with E-state index < -0.39 is 0 Å². The fraction of sp³-hybridized carbons (Fsp3) is 0.269. The lowest BCUT2D eigenvalue weighted by Gasteiger charge is -2.48. The molecule has 1 unspecified atom stereocenters. The van der Waals surface area contributed by atoms with Crippen molar-refractivity contribution in [2.24, 2.45) is 0 Å². The molecule has 0 spiro atoms. The summed E-state index contributed by atoms with van der Waals surface area (Å²) in [5.41, 5.74) is 3.92. The van der Waals surface area contributed by atoms with E-state index >= 15 is 0 Å². The Kier molecular flexibility index (Phi) is 7.80. The molecule has 1 saturated heterocycles. The second kappa shape index (κ2) is 10.8. The zero-order chi connectivity index (χ0) is 23.4. The first-order valence-electron chi connectivity index (χ1n) is 10.7. The fourth-order valence-corrected chi connectivity index (χ4v) is 5.00. The van der Waals surface area contributed by atoms with Crippen molar-refractivity contribution >= 4 is 40.5 Å². The van der Waals surface area contributed by atoms with Crippen LogP contribution in [0.15, 0.2) is 66.7 Å². The van der Waals surface area contributed by atoms with E-state index in [1.54, 1.807) is 13.2 Å². The molecule has 0 aromatic heterocycles. The number of anilines is 1. The van der Waals surface area contributed by atoms with Crippen molar-refractivity contribution in [3.63, 3.8) is 0 Å². The SMILES string of the molecule is COCC1CN(c2ccc(Cl)cc2Cl)[C@@H](c2ccc(Cl)cc2)CN1Cc1ccc(C#N)cc1. The minimum absolute atomic E-state index is 0.0624. The third kappa shape index (κ3) is 5.63. The van der Waals surface area contributed by atoms with Gasteiger partial charge in [-0.1, -0.05) is 59.1 Å². The molecule has 1 fully saturated rings. The number of nitriles is 1. The van der Waals surface area contributed by atoms with Crippen molar-refractivity contribution < 1.29 is 4.74 Å². The highest BCUT2D eigenvalue weighted by molar-refractivity contribution is 6.36. The van der Waals surface area contributed by atoms with E-state index in [1.165, 1.54) is 0 Å². The lowest BCUT2D eigenvalue weighted by molar-refractivity contribution is 0.0644. The maximum absolute atomic E-state index is 9.11. The normalized spacial score (nSPS) is 18.8. The molecule has 0 N–H and O–H groups in total. The van der Waals surface area contributed by atoms with Gasteiger partial charge in [-0.25, -0.2) is 0 Å². The standard InChI is InChI=1S/C26H24Cl3N3O/c1-33-17-23-15-32(25-11-10-22(28)12-24(25)29)26(20-6-8-21(27)9-7-20)16-31(23)14-19-4-2-18(13-30)3-5-19/h2-12,23,26H,14-17H2,1H3/t23?,26-/m1/s1. The molecule has 7 heteroatoms. The lowest BCUT2D eigenvalue weighted by atomic mass is 9.97.